The Morgan fingerprint density at radius 2 is 1.00 bits per heavy atom. The molecule has 0 radical (unpaired) electrons. The molecule has 0 aliphatic rings. The van der Waals surface area contributed by atoms with E-state index in [4.69, 9.17) is 14.6 Å². The first kappa shape index (κ1) is 43.9. The second-order valence-corrected chi connectivity index (χ2v) is 10.8. The minimum atomic E-state index is -0.937. The Kier molecular flexibility index (Phi) is 38.7. The van der Waals surface area contributed by atoms with Gasteiger partial charge in [-0.2, -0.15) is 0 Å². The second-order valence-electron chi connectivity index (χ2n) is 10.8. The van der Waals surface area contributed by atoms with Gasteiger partial charge in [0.1, 0.15) is 6.61 Å². The molecular weight excluding hydrogens is 552 g/mol. The summed E-state index contributed by atoms with van der Waals surface area (Å²) in [5.41, 5.74) is 0. The Morgan fingerprint density at radius 3 is 1.41 bits per heavy atom. The quantitative estimate of drug-likeness (QED) is 0.0439. The van der Waals surface area contributed by atoms with Gasteiger partial charge >= 0.3 is 5.97 Å². The lowest BCUT2D eigenvalue weighted by molar-refractivity contribution is -0.141. The molecule has 0 aromatic heterocycles. The molecule has 0 bridgehead atoms. The minimum Gasteiger partial charge on any atom is -0.480 e. The van der Waals surface area contributed by atoms with E-state index in [1.807, 2.05) is 55.5 Å². The summed E-state index contributed by atoms with van der Waals surface area (Å²) in [6.07, 6.45) is 41.2. The van der Waals surface area contributed by atoms with Gasteiger partial charge in [0.05, 0.1) is 25.4 Å². The first-order valence-corrected chi connectivity index (χ1v) is 17.2. The molecule has 0 heterocycles. The highest BCUT2D eigenvalue weighted by Crippen LogP contribution is 2.06. The van der Waals surface area contributed by atoms with Crippen molar-refractivity contribution in [3.63, 3.8) is 0 Å². The highest BCUT2D eigenvalue weighted by atomic mass is 16.5. The third kappa shape index (κ3) is 41.9. The summed E-state index contributed by atoms with van der Waals surface area (Å²) in [5.74, 6) is -0.937. The molecule has 0 aliphatic carbocycles. The Bertz CT molecular complexity index is 765. The molecule has 0 rings (SSSR count). The minimum absolute atomic E-state index is 0.240. The van der Waals surface area contributed by atoms with Gasteiger partial charge in [0, 0.05) is 6.61 Å². The standard InChI is InChI=1S/C19H32O4.C19H34O2/c1-2-3-11-14-18(20)15-12-9-7-5-4-6-8-10-13-16-23-17-19(21)22;1-3-5-13-16-19(20)17-14-11-9-7-6-8-10-12-15-18-21-4-2/h7,9-10,12-13,15,18,20H,2-6,8,11,14,16-17H2,1H3,(H,21,22);9,11-12,14-15,17,19-20H,3-8,10,13,16,18H2,1-2H3/b9-7-,13-10-,15-12+;11-9-,15-12-,17-14+/t18-;19-/m00/s1. The number of hydrogen-bond donors (Lipinski definition) is 3. The van der Waals surface area contributed by atoms with Crippen LogP contribution in [0.4, 0.5) is 0 Å². The number of carbonyl (C=O) groups is 1. The lowest BCUT2D eigenvalue weighted by atomic mass is 10.1. The van der Waals surface area contributed by atoms with Crippen LogP contribution in [0.3, 0.4) is 0 Å². The monoisotopic (exact) mass is 618 g/mol. The maximum atomic E-state index is 10.2. The third-order valence-corrected chi connectivity index (χ3v) is 6.54. The van der Waals surface area contributed by atoms with Gasteiger partial charge in [0.2, 0.25) is 0 Å². The zero-order chi connectivity index (χ0) is 32.8. The number of allylic oxidation sites excluding steroid dienone is 8. The van der Waals surface area contributed by atoms with Gasteiger partial charge in [-0.15, -0.1) is 0 Å². The normalized spacial score (nSPS) is 13.7. The summed E-state index contributed by atoms with van der Waals surface area (Å²) in [4.78, 5) is 10.2. The van der Waals surface area contributed by atoms with Crippen LogP contribution in [0.25, 0.3) is 0 Å². The second kappa shape index (κ2) is 38.8. The van der Waals surface area contributed by atoms with Crippen molar-refractivity contribution in [1.29, 1.82) is 0 Å². The first-order valence-electron chi connectivity index (χ1n) is 17.2. The van der Waals surface area contributed by atoms with Crippen LogP contribution >= 0.6 is 0 Å². The zero-order valence-corrected chi connectivity index (χ0v) is 28.3. The molecule has 0 aliphatic heterocycles. The van der Waals surface area contributed by atoms with E-state index in [2.05, 4.69) is 38.2 Å². The molecule has 6 nitrogen and oxygen atoms in total. The smallest absolute Gasteiger partial charge is 0.329 e. The van der Waals surface area contributed by atoms with Gasteiger partial charge in [-0.25, -0.2) is 4.79 Å². The number of aliphatic carboxylic acids is 1. The molecule has 44 heavy (non-hydrogen) atoms. The van der Waals surface area contributed by atoms with Gasteiger partial charge in [-0.1, -0.05) is 125 Å². The van der Waals surface area contributed by atoms with E-state index in [0.29, 0.717) is 6.61 Å². The molecule has 6 heteroatoms. The first-order chi connectivity index (χ1) is 21.5. The van der Waals surface area contributed by atoms with E-state index >= 15 is 0 Å². The van der Waals surface area contributed by atoms with Gasteiger partial charge in [0.25, 0.3) is 0 Å². The summed E-state index contributed by atoms with van der Waals surface area (Å²) in [6.45, 7) is 8.00. The molecular formula is C38H66O6. The van der Waals surface area contributed by atoms with Crippen LogP contribution in [0.2, 0.25) is 0 Å². The SMILES string of the molecule is CCCCC[C@H](O)/C=C/C=C\CCCC/C=C\COCC.CCCCC[C@H](O)/C=C/C=C\CCCC/C=C\COCC(=O)O. The number of unbranched alkanes of at least 4 members (excludes halogenated alkanes) is 10. The third-order valence-electron chi connectivity index (χ3n) is 6.54. The molecule has 3 N–H and O–H groups in total. The molecule has 0 fully saturated rings. The fraction of sp³-hybridized carbons (Fsp3) is 0.658. The predicted molar refractivity (Wildman–Crippen MR) is 187 cm³/mol. The van der Waals surface area contributed by atoms with Crippen LogP contribution in [0.1, 0.15) is 124 Å². The van der Waals surface area contributed by atoms with E-state index in [0.717, 1.165) is 77.4 Å². The van der Waals surface area contributed by atoms with Crippen molar-refractivity contribution in [2.24, 2.45) is 0 Å². The van der Waals surface area contributed by atoms with Crippen LogP contribution in [0, 0.1) is 0 Å². The fourth-order valence-electron chi connectivity index (χ4n) is 3.95. The van der Waals surface area contributed by atoms with Crippen LogP contribution < -0.4 is 0 Å². The van der Waals surface area contributed by atoms with E-state index in [9.17, 15) is 15.0 Å². The average molecular weight is 619 g/mol. The van der Waals surface area contributed by atoms with E-state index in [1.54, 1.807) is 0 Å². The van der Waals surface area contributed by atoms with Crippen molar-refractivity contribution in [2.45, 2.75) is 136 Å². The zero-order valence-electron chi connectivity index (χ0n) is 28.3. The lowest BCUT2D eigenvalue weighted by Crippen LogP contribution is -2.06. The lowest BCUT2D eigenvalue weighted by Gasteiger charge is -2.03. The van der Waals surface area contributed by atoms with E-state index in [1.165, 1.54) is 38.5 Å². The molecule has 0 aromatic carbocycles. The van der Waals surface area contributed by atoms with Crippen molar-refractivity contribution < 1.29 is 29.6 Å². The molecule has 254 valence electrons. The predicted octanol–water partition coefficient (Wildman–Crippen LogP) is 9.45. The fourth-order valence-corrected chi connectivity index (χ4v) is 3.95. The van der Waals surface area contributed by atoms with Crippen LogP contribution in [-0.2, 0) is 14.3 Å². The summed E-state index contributed by atoms with van der Waals surface area (Å²) in [7, 11) is 0. The number of aliphatic hydroxyl groups excluding tert-OH is 2. The number of hydrogen-bond acceptors (Lipinski definition) is 5. The van der Waals surface area contributed by atoms with Gasteiger partial charge < -0.3 is 24.8 Å². The van der Waals surface area contributed by atoms with Gasteiger partial charge in [-0.3, -0.25) is 0 Å². The maximum absolute atomic E-state index is 10.2. The van der Waals surface area contributed by atoms with E-state index < -0.39 is 5.97 Å². The Morgan fingerprint density at radius 1 is 0.568 bits per heavy atom. The summed E-state index contributed by atoms with van der Waals surface area (Å²) in [6, 6.07) is 0. The molecule has 0 amide bonds. The van der Waals surface area contributed by atoms with Gasteiger partial charge in [-0.05, 0) is 71.1 Å². The molecule has 0 saturated heterocycles. The highest BCUT2D eigenvalue weighted by Gasteiger charge is 1.97. The van der Waals surface area contributed by atoms with Gasteiger partial charge in [0.15, 0.2) is 0 Å². The Hall–Kier alpha value is -2.25. The molecule has 2 atom stereocenters. The summed E-state index contributed by atoms with van der Waals surface area (Å²) in [5, 5.41) is 27.8. The number of rotatable bonds is 29. The Balaban J connectivity index is 0. The van der Waals surface area contributed by atoms with Crippen LogP contribution in [0.5, 0.6) is 0 Å². The number of carboxylic acid groups (broad SMARTS) is 1. The molecule has 0 saturated carbocycles. The molecule has 0 spiro atoms. The van der Waals surface area contributed by atoms with E-state index in [-0.39, 0.29) is 18.8 Å². The average Bonchev–Trinajstić information content (AvgIpc) is 3.00. The van der Waals surface area contributed by atoms with Crippen molar-refractivity contribution in [2.75, 3.05) is 26.4 Å². The van der Waals surface area contributed by atoms with Crippen LogP contribution in [-0.4, -0.2) is 59.9 Å². The maximum Gasteiger partial charge on any atom is 0.329 e. The highest BCUT2D eigenvalue weighted by molar-refractivity contribution is 5.67. The Labute approximate surface area is 270 Å². The summed E-state index contributed by atoms with van der Waals surface area (Å²) >= 11 is 0. The molecule has 0 aromatic rings. The molecule has 0 unspecified atom stereocenters. The number of carboxylic acids is 1. The topological polar surface area (TPSA) is 96.2 Å². The number of aliphatic hydroxyl groups is 2. The van der Waals surface area contributed by atoms with Crippen LogP contribution in [0.15, 0.2) is 72.9 Å². The van der Waals surface area contributed by atoms with Crippen molar-refractivity contribution in [3.8, 4) is 0 Å². The largest absolute Gasteiger partial charge is 0.480 e. The van der Waals surface area contributed by atoms with Crippen molar-refractivity contribution >= 4 is 5.97 Å². The summed E-state index contributed by atoms with van der Waals surface area (Å²) < 4.78 is 10.1. The van der Waals surface area contributed by atoms with Crippen molar-refractivity contribution in [1.82, 2.24) is 0 Å². The van der Waals surface area contributed by atoms with Crippen molar-refractivity contribution in [3.05, 3.63) is 72.9 Å². The number of ether oxygens (including phenoxy) is 2.